The van der Waals surface area contributed by atoms with E-state index in [4.69, 9.17) is 4.42 Å². The Balaban J connectivity index is 1.48. The van der Waals surface area contributed by atoms with Gasteiger partial charge in [0, 0.05) is 31.1 Å². The third kappa shape index (κ3) is 3.51. The minimum Gasteiger partial charge on any atom is -0.481 e. The molecule has 1 N–H and O–H groups in total. The van der Waals surface area contributed by atoms with Crippen molar-refractivity contribution in [2.24, 2.45) is 0 Å². The molecule has 0 unspecified atom stereocenters. The van der Waals surface area contributed by atoms with Crippen LogP contribution in [-0.2, 0) is 10.2 Å². The fourth-order valence-corrected chi connectivity index (χ4v) is 3.83. The van der Waals surface area contributed by atoms with Crippen molar-refractivity contribution in [2.45, 2.75) is 25.2 Å². The van der Waals surface area contributed by atoms with Crippen LogP contribution in [0.2, 0.25) is 0 Å². The molecule has 3 aromatic rings. The van der Waals surface area contributed by atoms with Gasteiger partial charge in [-0.05, 0) is 42.7 Å². The molecule has 1 aliphatic heterocycles. The quantitative estimate of drug-likeness (QED) is 0.733. The largest absolute Gasteiger partial charge is 0.481 e. The molecule has 7 heteroatoms. The smallest absolute Gasteiger partial charge is 0.314 e. The summed E-state index contributed by atoms with van der Waals surface area (Å²) in [4.78, 5) is 26.7. The fraction of sp³-hybridized carbons (Fsp3) is 0.273. The van der Waals surface area contributed by atoms with Crippen LogP contribution >= 0.6 is 0 Å². The molecule has 7 nitrogen and oxygen atoms in total. The lowest BCUT2D eigenvalue weighted by molar-refractivity contribution is -0.145. The van der Waals surface area contributed by atoms with E-state index >= 15 is 0 Å². The molecule has 0 saturated carbocycles. The molecular weight excluding hydrogens is 370 g/mol. The third-order valence-electron chi connectivity index (χ3n) is 5.54. The minimum atomic E-state index is -0.947. The molecule has 0 aliphatic carbocycles. The summed E-state index contributed by atoms with van der Waals surface area (Å²) in [5.74, 6) is -0.0531. The van der Waals surface area contributed by atoms with E-state index in [1.54, 1.807) is 36.1 Å². The van der Waals surface area contributed by atoms with Crippen LogP contribution in [0.3, 0.4) is 0 Å². The maximum atomic E-state index is 12.9. The highest BCUT2D eigenvalue weighted by molar-refractivity contribution is 5.95. The normalized spacial score (nSPS) is 15.8. The predicted molar refractivity (Wildman–Crippen MR) is 105 cm³/mol. The van der Waals surface area contributed by atoms with Crippen molar-refractivity contribution in [3.8, 4) is 11.5 Å². The van der Waals surface area contributed by atoms with Gasteiger partial charge in [-0.15, -0.1) is 10.2 Å². The van der Waals surface area contributed by atoms with Gasteiger partial charge in [0.25, 0.3) is 5.91 Å². The Kier molecular flexibility index (Phi) is 4.88. The van der Waals surface area contributed by atoms with Gasteiger partial charge < -0.3 is 14.4 Å². The van der Waals surface area contributed by atoms with Crippen LogP contribution in [-0.4, -0.2) is 45.2 Å². The van der Waals surface area contributed by atoms with Crippen molar-refractivity contribution in [3.05, 3.63) is 71.6 Å². The topological polar surface area (TPSA) is 96.5 Å². The van der Waals surface area contributed by atoms with Crippen LogP contribution < -0.4 is 0 Å². The monoisotopic (exact) mass is 391 g/mol. The van der Waals surface area contributed by atoms with E-state index in [0.29, 0.717) is 43.3 Å². The number of nitrogens with zero attached hydrogens (tertiary/aromatic N) is 3. The highest BCUT2D eigenvalue weighted by atomic mass is 16.4. The molecule has 1 saturated heterocycles. The van der Waals surface area contributed by atoms with Gasteiger partial charge in [0.15, 0.2) is 0 Å². The van der Waals surface area contributed by atoms with E-state index in [2.05, 4.69) is 10.2 Å². The summed E-state index contributed by atoms with van der Waals surface area (Å²) in [6.07, 6.45) is 0.773. The average Bonchev–Trinajstić information content (AvgIpc) is 3.20. The first-order valence-corrected chi connectivity index (χ1v) is 9.48. The van der Waals surface area contributed by atoms with Gasteiger partial charge in [0.1, 0.15) is 0 Å². The first kappa shape index (κ1) is 18.9. The lowest BCUT2D eigenvalue weighted by atomic mass is 9.73. The molecule has 1 amide bonds. The van der Waals surface area contributed by atoms with Gasteiger partial charge in [0.2, 0.25) is 11.8 Å². The van der Waals surface area contributed by atoms with Crippen LogP contribution in [0.25, 0.3) is 11.5 Å². The van der Waals surface area contributed by atoms with Crippen LogP contribution in [0.15, 0.2) is 59.0 Å². The molecule has 0 radical (unpaired) electrons. The molecule has 1 fully saturated rings. The van der Waals surface area contributed by atoms with Crippen molar-refractivity contribution in [1.29, 1.82) is 0 Å². The van der Waals surface area contributed by atoms with Crippen LogP contribution in [0.5, 0.6) is 0 Å². The summed E-state index contributed by atoms with van der Waals surface area (Å²) >= 11 is 0. The lowest BCUT2D eigenvalue weighted by Crippen LogP contribution is -2.49. The van der Waals surface area contributed by atoms with E-state index in [1.807, 2.05) is 30.3 Å². The molecule has 29 heavy (non-hydrogen) atoms. The van der Waals surface area contributed by atoms with E-state index in [-0.39, 0.29) is 5.91 Å². The fourth-order valence-electron chi connectivity index (χ4n) is 3.83. The summed E-state index contributed by atoms with van der Waals surface area (Å²) in [5.41, 5.74) is 1.14. The molecule has 1 aliphatic rings. The SMILES string of the molecule is Cc1nnc(-c2ccc(C(=O)N3CCC(C(=O)O)(c4ccccc4)CC3)cc2)o1. The number of hydrogen-bond acceptors (Lipinski definition) is 5. The Morgan fingerprint density at radius 3 is 2.21 bits per heavy atom. The number of aryl methyl sites for hydroxylation is 1. The van der Waals surface area contributed by atoms with Crippen molar-refractivity contribution in [1.82, 2.24) is 15.1 Å². The van der Waals surface area contributed by atoms with Gasteiger partial charge >= 0.3 is 5.97 Å². The Bertz CT molecular complexity index is 1020. The maximum absolute atomic E-state index is 12.9. The van der Waals surface area contributed by atoms with Gasteiger partial charge in [-0.1, -0.05) is 30.3 Å². The van der Waals surface area contributed by atoms with Gasteiger partial charge in [-0.3, -0.25) is 9.59 Å². The highest BCUT2D eigenvalue weighted by Gasteiger charge is 2.43. The number of aliphatic carboxylic acids is 1. The standard InChI is InChI=1S/C22H21N3O4/c1-15-23-24-19(29-15)16-7-9-17(10-8-16)20(26)25-13-11-22(12-14-25,21(27)28)18-5-3-2-4-6-18/h2-10H,11-14H2,1H3,(H,27,28). The molecule has 2 heterocycles. The molecule has 1 aromatic heterocycles. The number of piperidine rings is 1. The first-order valence-electron chi connectivity index (χ1n) is 9.48. The number of likely N-dealkylation sites (tertiary alicyclic amines) is 1. The Hall–Kier alpha value is -3.48. The zero-order valence-corrected chi connectivity index (χ0v) is 16.0. The Morgan fingerprint density at radius 2 is 1.66 bits per heavy atom. The van der Waals surface area contributed by atoms with Gasteiger partial charge in [-0.2, -0.15) is 0 Å². The Morgan fingerprint density at radius 1 is 1.00 bits per heavy atom. The van der Waals surface area contributed by atoms with Crippen molar-refractivity contribution in [3.63, 3.8) is 0 Å². The minimum absolute atomic E-state index is 0.106. The number of amides is 1. The summed E-state index contributed by atoms with van der Waals surface area (Å²) in [6.45, 7) is 2.51. The average molecular weight is 391 g/mol. The summed E-state index contributed by atoms with van der Waals surface area (Å²) in [5, 5.41) is 17.7. The van der Waals surface area contributed by atoms with Gasteiger partial charge in [0.05, 0.1) is 5.41 Å². The molecule has 4 rings (SSSR count). The van der Waals surface area contributed by atoms with E-state index in [9.17, 15) is 14.7 Å². The number of aromatic nitrogens is 2. The summed E-state index contributed by atoms with van der Waals surface area (Å²) < 4.78 is 5.40. The second-order valence-corrected chi connectivity index (χ2v) is 7.25. The second kappa shape index (κ2) is 7.50. The number of carbonyl (C=O) groups excluding carboxylic acids is 1. The van der Waals surface area contributed by atoms with Crippen molar-refractivity contribution >= 4 is 11.9 Å². The highest BCUT2D eigenvalue weighted by Crippen LogP contribution is 2.36. The van der Waals surface area contributed by atoms with Crippen LogP contribution in [0, 0.1) is 6.92 Å². The van der Waals surface area contributed by atoms with Gasteiger partial charge in [-0.25, -0.2) is 0 Å². The number of rotatable bonds is 4. The number of hydrogen-bond donors (Lipinski definition) is 1. The number of carboxylic acid groups (broad SMARTS) is 1. The number of carboxylic acids is 1. The molecule has 0 bridgehead atoms. The first-order chi connectivity index (χ1) is 14.0. The van der Waals surface area contributed by atoms with E-state index in [0.717, 1.165) is 11.1 Å². The maximum Gasteiger partial charge on any atom is 0.314 e. The van der Waals surface area contributed by atoms with E-state index < -0.39 is 11.4 Å². The zero-order valence-electron chi connectivity index (χ0n) is 16.0. The summed E-state index contributed by atoms with van der Waals surface area (Å²) in [7, 11) is 0. The zero-order chi connectivity index (χ0) is 20.4. The van der Waals surface area contributed by atoms with E-state index in [1.165, 1.54) is 0 Å². The molecule has 0 spiro atoms. The molecule has 148 valence electrons. The third-order valence-corrected chi connectivity index (χ3v) is 5.54. The second-order valence-electron chi connectivity index (χ2n) is 7.25. The predicted octanol–water partition coefficient (Wildman–Crippen LogP) is 3.30. The van der Waals surface area contributed by atoms with Crippen LogP contribution in [0.1, 0.15) is 34.7 Å². The molecular formula is C22H21N3O4. The van der Waals surface area contributed by atoms with Crippen LogP contribution in [0.4, 0.5) is 0 Å². The van der Waals surface area contributed by atoms with Crippen molar-refractivity contribution < 1.29 is 19.1 Å². The number of benzene rings is 2. The molecule has 2 aromatic carbocycles. The number of carbonyl (C=O) groups is 2. The Labute approximate surface area is 168 Å². The van der Waals surface area contributed by atoms with Crippen molar-refractivity contribution in [2.75, 3.05) is 13.1 Å². The summed E-state index contributed by atoms with van der Waals surface area (Å²) in [6, 6.07) is 16.3. The lowest BCUT2D eigenvalue weighted by Gasteiger charge is -2.39. The molecule has 0 atom stereocenters.